The molecule has 0 fully saturated rings. The number of carbonyl (C=O) groups is 1. The van der Waals surface area contributed by atoms with Crippen molar-refractivity contribution in [1.29, 1.82) is 10.8 Å². The van der Waals surface area contributed by atoms with Gasteiger partial charge in [-0.15, -0.1) is 0 Å². The molecule has 0 saturated heterocycles. The first kappa shape index (κ1) is 37.6. The largest absolute Gasteiger partial charge is 0.491 e. The summed E-state index contributed by atoms with van der Waals surface area (Å²) in [6, 6.07) is 22.0. The van der Waals surface area contributed by atoms with Crippen LogP contribution >= 0.6 is 11.6 Å². The molecule has 1 amide bonds. The molecule has 1 aliphatic heterocycles. The third-order valence-electron chi connectivity index (χ3n) is 7.13. The summed E-state index contributed by atoms with van der Waals surface area (Å²) < 4.78 is 33.6. The summed E-state index contributed by atoms with van der Waals surface area (Å²) >= 11 is 6.11. The third kappa shape index (κ3) is 12.7. The molecular weight excluding hydrogens is 650 g/mol. The van der Waals surface area contributed by atoms with Crippen LogP contribution in [0.3, 0.4) is 0 Å². The molecule has 0 bridgehead atoms. The van der Waals surface area contributed by atoms with Crippen LogP contribution in [0.4, 0.5) is 5.69 Å². The molecule has 49 heavy (non-hydrogen) atoms. The van der Waals surface area contributed by atoms with Crippen LogP contribution in [0, 0.1) is 10.8 Å². The van der Waals surface area contributed by atoms with Gasteiger partial charge in [0.1, 0.15) is 24.0 Å². The van der Waals surface area contributed by atoms with Gasteiger partial charge < -0.3 is 33.7 Å². The number of benzene rings is 3. The fraction of sp³-hybridized carbons (Fsp3) is 0.389. The maximum absolute atomic E-state index is 11.9. The molecule has 13 heteroatoms. The van der Waals surface area contributed by atoms with E-state index in [0.29, 0.717) is 107 Å². The highest BCUT2D eigenvalue weighted by Gasteiger charge is 2.25. The van der Waals surface area contributed by atoms with E-state index in [4.69, 9.17) is 55.8 Å². The summed E-state index contributed by atoms with van der Waals surface area (Å²) in [6.07, 6.45) is 0. The van der Waals surface area contributed by atoms with Crippen LogP contribution < -0.4 is 15.0 Å². The quantitative estimate of drug-likeness (QED) is 0.0814. The molecule has 3 aromatic carbocycles. The van der Waals surface area contributed by atoms with Crippen molar-refractivity contribution >= 4 is 40.6 Å². The summed E-state index contributed by atoms with van der Waals surface area (Å²) in [5.41, 5.74) is 3.67. The van der Waals surface area contributed by atoms with Gasteiger partial charge >= 0.3 is 0 Å². The molecular formula is C36H44ClN5O7. The van der Waals surface area contributed by atoms with Gasteiger partial charge in [0.15, 0.2) is 0 Å². The highest BCUT2D eigenvalue weighted by Crippen LogP contribution is 2.31. The Morgan fingerprint density at radius 2 is 1.37 bits per heavy atom. The molecule has 1 heterocycles. The molecule has 0 radical (unpaired) electrons. The first-order valence-electron chi connectivity index (χ1n) is 16.2. The molecule has 0 aliphatic carbocycles. The monoisotopic (exact) mass is 693 g/mol. The number of ether oxygens (including phenoxy) is 6. The van der Waals surface area contributed by atoms with E-state index in [0.717, 1.165) is 11.1 Å². The van der Waals surface area contributed by atoms with Crippen molar-refractivity contribution < 1.29 is 33.2 Å². The average Bonchev–Trinajstić information content (AvgIpc) is 3.25. The zero-order valence-electron chi connectivity index (χ0n) is 27.8. The lowest BCUT2D eigenvalue weighted by Crippen LogP contribution is -2.35. The van der Waals surface area contributed by atoms with Gasteiger partial charge in [0.25, 0.3) is 5.91 Å². The van der Waals surface area contributed by atoms with Crippen molar-refractivity contribution in [3.63, 3.8) is 0 Å². The van der Waals surface area contributed by atoms with Crippen LogP contribution in [-0.2, 0) is 23.7 Å². The van der Waals surface area contributed by atoms with Crippen LogP contribution in [0.15, 0.2) is 77.8 Å². The normalized spacial score (nSPS) is 12.7. The molecule has 4 rings (SSSR count). The predicted molar refractivity (Wildman–Crippen MR) is 190 cm³/mol. The van der Waals surface area contributed by atoms with E-state index in [2.05, 4.69) is 5.32 Å². The smallest absolute Gasteiger partial charge is 0.251 e. The summed E-state index contributed by atoms with van der Waals surface area (Å²) in [6.45, 7) is 6.97. The molecule has 3 N–H and O–H groups in total. The van der Waals surface area contributed by atoms with Gasteiger partial charge in [0.05, 0.1) is 84.0 Å². The molecule has 0 saturated carbocycles. The van der Waals surface area contributed by atoms with Crippen LogP contribution in [-0.4, -0.2) is 109 Å². The average molecular weight is 694 g/mol. The first-order chi connectivity index (χ1) is 23.9. The van der Waals surface area contributed by atoms with E-state index in [9.17, 15) is 4.79 Å². The maximum Gasteiger partial charge on any atom is 0.251 e. The molecule has 12 nitrogen and oxygen atoms in total. The number of halogens is 1. The van der Waals surface area contributed by atoms with Gasteiger partial charge in [-0.3, -0.25) is 25.5 Å². The number of nitrogens with zero attached hydrogens (tertiary/aromatic N) is 2. The van der Waals surface area contributed by atoms with Crippen LogP contribution in [0.2, 0.25) is 5.02 Å². The number of benzodiazepines with no additional fused rings is 1. The number of hydrogen-bond donors (Lipinski definition) is 3. The number of nitrogens with one attached hydrogen (secondary N) is 3. The van der Waals surface area contributed by atoms with Gasteiger partial charge in [-0.2, -0.15) is 0 Å². The number of aliphatic imine (C=N–C) groups is 1. The van der Waals surface area contributed by atoms with E-state index < -0.39 is 0 Å². The van der Waals surface area contributed by atoms with E-state index in [1.165, 1.54) is 0 Å². The van der Waals surface area contributed by atoms with Gasteiger partial charge in [0, 0.05) is 28.3 Å². The van der Waals surface area contributed by atoms with Crippen molar-refractivity contribution in [2.45, 2.75) is 6.92 Å². The Morgan fingerprint density at radius 1 is 0.796 bits per heavy atom. The second-order valence-corrected chi connectivity index (χ2v) is 11.2. The highest BCUT2D eigenvalue weighted by molar-refractivity contribution is 6.31. The minimum atomic E-state index is -0.115. The molecule has 0 unspecified atom stereocenters. The van der Waals surface area contributed by atoms with E-state index in [1.54, 1.807) is 36.1 Å². The van der Waals surface area contributed by atoms with E-state index in [-0.39, 0.29) is 24.1 Å². The Hall–Kier alpha value is -4.17. The lowest BCUT2D eigenvalue weighted by Gasteiger charge is -2.24. The zero-order valence-corrected chi connectivity index (χ0v) is 28.5. The summed E-state index contributed by atoms with van der Waals surface area (Å²) in [5, 5.41) is 20.2. The fourth-order valence-corrected chi connectivity index (χ4v) is 4.94. The number of rotatable bonds is 21. The summed E-state index contributed by atoms with van der Waals surface area (Å²) in [7, 11) is 0. The standard InChI is InChI=1S/C36H44ClN5O7/c1-27(38)42-33-12-11-31(25-32(33)35(41-26-34(42)39)28-7-9-30(37)10-8-28)49-24-23-48-22-21-47-20-19-46-18-17-45-16-15-44-14-13-40-36(43)29-5-3-2-4-6-29/h2-12,25,38-39H,13-24,26H2,1H3,(H,40,43). The van der Waals surface area contributed by atoms with Crippen LogP contribution in [0.25, 0.3) is 0 Å². The lowest BCUT2D eigenvalue weighted by molar-refractivity contribution is -0.0124. The van der Waals surface area contributed by atoms with E-state index >= 15 is 0 Å². The van der Waals surface area contributed by atoms with Crippen molar-refractivity contribution in [2.24, 2.45) is 4.99 Å². The summed E-state index contributed by atoms with van der Waals surface area (Å²) in [4.78, 5) is 18.2. The number of anilines is 1. The summed E-state index contributed by atoms with van der Waals surface area (Å²) in [5.74, 6) is 0.979. The van der Waals surface area contributed by atoms with Gasteiger partial charge in [-0.25, -0.2) is 0 Å². The maximum atomic E-state index is 11.9. The highest BCUT2D eigenvalue weighted by atomic mass is 35.5. The predicted octanol–water partition coefficient (Wildman–Crippen LogP) is 4.86. The second-order valence-electron chi connectivity index (χ2n) is 10.8. The number of fused-ring (bicyclic) bond motifs is 1. The topological polar surface area (TPSA) is 148 Å². The van der Waals surface area contributed by atoms with Gasteiger partial charge in [-0.1, -0.05) is 41.9 Å². The van der Waals surface area contributed by atoms with Crippen molar-refractivity contribution in [3.05, 3.63) is 94.5 Å². The number of carbonyl (C=O) groups excluding carboxylic acids is 1. The Balaban J connectivity index is 1.02. The Bertz CT molecular complexity index is 1520. The molecule has 0 atom stereocenters. The van der Waals surface area contributed by atoms with Crippen LogP contribution in [0.1, 0.15) is 28.4 Å². The van der Waals surface area contributed by atoms with E-state index in [1.807, 2.05) is 48.5 Å². The molecule has 0 aromatic heterocycles. The van der Waals surface area contributed by atoms with Crippen molar-refractivity contribution in [2.75, 3.05) is 90.7 Å². The SMILES string of the molecule is CC(=N)N1C(=N)CN=C(c2ccc(Cl)cc2)c2cc(OCCOCCOCCOCCOCCOCCNC(=O)c3ccccc3)ccc21. The first-order valence-corrected chi connectivity index (χ1v) is 16.5. The Kier molecular flexibility index (Phi) is 16.2. The number of amidine groups is 2. The van der Waals surface area contributed by atoms with Crippen molar-refractivity contribution in [3.8, 4) is 5.75 Å². The molecule has 3 aromatic rings. The Morgan fingerprint density at radius 3 is 1.96 bits per heavy atom. The number of hydrogen-bond acceptors (Lipinski definition) is 10. The van der Waals surface area contributed by atoms with Gasteiger partial charge in [-0.05, 0) is 49.4 Å². The second kappa shape index (κ2) is 21.0. The molecule has 262 valence electrons. The van der Waals surface area contributed by atoms with Crippen LogP contribution in [0.5, 0.6) is 5.75 Å². The molecule has 1 aliphatic rings. The fourth-order valence-electron chi connectivity index (χ4n) is 4.81. The third-order valence-corrected chi connectivity index (χ3v) is 7.38. The Labute approximate surface area is 292 Å². The minimum Gasteiger partial charge on any atom is -0.491 e. The van der Waals surface area contributed by atoms with Gasteiger partial charge in [0.2, 0.25) is 0 Å². The molecule has 0 spiro atoms. The number of amides is 1. The lowest BCUT2D eigenvalue weighted by atomic mass is 9.99. The van der Waals surface area contributed by atoms with Crippen molar-refractivity contribution in [1.82, 2.24) is 5.32 Å². The minimum absolute atomic E-state index is 0.115. The zero-order chi connectivity index (χ0) is 34.7.